The molecule has 0 saturated carbocycles. The van der Waals surface area contributed by atoms with Crippen molar-refractivity contribution in [2.24, 2.45) is 0 Å². The molecule has 0 aliphatic heterocycles. The molecule has 0 bridgehead atoms. The summed E-state index contributed by atoms with van der Waals surface area (Å²) in [4.78, 5) is 0. The Morgan fingerprint density at radius 3 is 1.77 bits per heavy atom. The fraction of sp³-hybridized carbons (Fsp3) is 0.0588. The van der Waals surface area contributed by atoms with E-state index >= 15 is 0 Å². The Morgan fingerprint density at radius 2 is 1.17 bits per heavy atom. The van der Waals surface area contributed by atoms with E-state index in [1.54, 1.807) is 0 Å². The maximum absolute atomic E-state index is 4.09. The molecule has 0 spiro atoms. The highest BCUT2D eigenvalue weighted by atomic mass is 14.9. The highest BCUT2D eigenvalue weighted by Crippen LogP contribution is 2.14. The molecule has 0 heterocycles. The summed E-state index contributed by atoms with van der Waals surface area (Å²) in [5, 5.41) is 3.44. The molecular weight excluding hydrogens is 422 g/mol. The van der Waals surface area contributed by atoms with Crippen molar-refractivity contribution in [3.8, 4) is 0 Å². The first-order valence-electron chi connectivity index (χ1n) is 11.8. The molecule has 0 unspecified atom stereocenters. The van der Waals surface area contributed by atoms with Crippen LogP contribution in [0.25, 0.3) is 12.2 Å². The van der Waals surface area contributed by atoms with E-state index in [2.05, 4.69) is 72.6 Å². The summed E-state index contributed by atoms with van der Waals surface area (Å²) in [5.74, 6) is 0. The van der Waals surface area contributed by atoms with Gasteiger partial charge in [-0.2, -0.15) is 0 Å². The molecule has 1 heteroatoms. The van der Waals surface area contributed by atoms with Crippen LogP contribution in [0.2, 0.25) is 0 Å². The third-order valence-corrected chi connectivity index (χ3v) is 4.76. The van der Waals surface area contributed by atoms with Gasteiger partial charge in [-0.3, -0.25) is 0 Å². The first kappa shape index (κ1) is 26.9. The van der Waals surface area contributed by atoms with Gasteiger partial charge in [0.1, 0.15) is 0 Å². The molecule has 0 aliphatic rings. The van der Waals surface area contributed by atoms with Crippen LogP contribution >= 0.6 is 0 Å². The van der Waals surface area contributed by atoms with Crippen LogP contribution in [0.5, 0.6) is 0 Å². The molecule has 2 rings (SSSR count). The van der Waals surface area contributed by atoms with E-state index in [-0.39, 0.29) is 0 Å². The van der Waals surface area contributed by atoms with Gasteiger partial charge >= 0.3 is 0 Å². The lowest BCUT2D eigenvalue weighted by atomic mass is 10.1. The minimum atomic E-state index is 0.928. The van der Waals surface area contributed by atoms with E-state index in [4.69, 9.17) is 0 Å². The Bertz CT molecular complexity index is 1160. The second-order valence-corrected chi connectivity index (χ2v) is 7.57. The molecule has 1 nitrogen and oxygen atoms in total. The average molecular weight is 458 g/mol. The van der Waals surface area contributed by atoms with Crippen LogP contribution in [0, 0.1) is 0 Å². The Morgan fingerprint density at radius 1 is 0.600 bits per heavy atom. The quantitative estimate of drug-likeness (QED) is 0.313. The Kier molecular flexibility index (Phi) is 13.2. The number of hydrogen-bond acceptors (Lipinski definition) is 1. The first-order valence-corrected chi connectivity index (χ1v) is 11.8. The summed E-state index contributed by atoms with van der Waals surface area (Å²) < 4.78 is 0. The number of hydrogen-bond donors (Lipinski definition) is 1. The zero-order valence-electron chi connectivity index (χ0n) is 20.7. The topological polar surface area (TPSA) is 12.0 Å². The fourth-order valence-corrected chi connectivity index (χ4v) is 2.88. The van der Waals surface area contributed by atoms with Gasteiger partial charge in [0.2, 0.25) is 0 Å². The normalized spacial score (nSPS) is 13.4. The second kappa shape index (κ2) is 17.2. The molecular formula is C34H35N. The molecule has 0 aromatic heterocycles. The van der Waals surface area contributed by atoms with Crippen molar-refractivity contribution < 1.29 is 0 Å². The smallest absolute Gasteiger partial charge is 0.0384 e. The predicted molar refractivity (Wildman–Crippen MR) is 158 cm³/mol. The Labute approximate surface area is 211 Å². The molecule has 0 aliphatic carbocycles. The van der Waals surface area contributed by atoms with Gasteiger partial charge in [-0.1, -0.05) is 146 Å². The summed E-state index contributed by atoms with van der Waals surface area (Å²) in [6, 6.07) is 18.7. The summed E-state index contributed by atoms with van der Waals surface area (Å²) >= 11 is 0. The van der Waals surface area contributed by atoms with Crippen molar-refractivity contribution >= 4 is 17.8 Å². The van der Waals surface area contributed by atoms with Gasteiger partial charge in [0.05, 0.1) is 0 Å². The molecule has 35 heavy (non-hydrogen) atoms. The average Bonchev–Trinajstić information content (AvgIpc) is 2.89. The molecule has 0 radical (unpaired) electrons. The highest BCUT2D eigenvalue weighted by molar-refractivity contribution is 5.60. The van der Waals surface area contributed by atoms with Crippen molar-refractivity contribution in [3.05, 3.63) is 175 Å². The molecule has 0 atom stereocenters. The van der Waals surface area contributed by atoms with Crippen molar-refractivity contribution in [2.75, 3.05) is 5.32 Å². The summed E-state index contributed by atoms with van der Waals surface area (Å²) in [7, 11) is 0. The van der Waals surface area contributed by atoms with Gasteiger partial charge < -0.3 is 5.32 Å². The van der Waals surface area contributed by atoms with Crippen LogP contribution in [-0.4, -0.2) is 0 Å². The summed E-state index contributed by atoms with van der Waals surface area (Å²) in [5.41, 5.74) is 5.33. The Balaban J connectivity index is 1.82. The van der Waals surface area contributed by atoms with E-state index in [0.717, 1.165) is 22.5 Å². The van der Waals surface area contributed by atoms with Gasteiger partial charge in [0.15, 0.2) is 0 Å². The van der Waals surface area contributed by atoms with Crippen LogP contribution in [-0.2, 0) is 0 Å². The maximum atomic E-state index is 4.09. The zero-order valence-corrected chi connectivity index (χ0v) is 20.7. The van der Waals surface area contributed by atoms with Gasteiger partial charge in [-0.25, -0.2) is 0 Å². The lowest BCUT2D eigenvalue weighted by Gasteiger charge is -2.07. The minimum Gasteiger partial charge on any atom is -0.356 e. The third kappa shape index (κ3) is 12.5. The Hall–Kier alpha value is -4.36. The number of allylic oxidation sites excluding steroid dienone is 16. The molecule has 0 fully saturated rings. The van der Waals surface area contributed by atoms with Crippen molar-refractivity contribution in [1.82, 2.24) is 0 Å². The van der Waals surface area contributed by atoms with Crippen LogP contribution in [0.1, 0.15) is 25.0 Å². The van der Waals surface area contributed by atoms with Crippen LogP contribution < -0.4 is 5.32 Å². The molecule has 2 aromatic carbocycles. The number of nitrogens with one attached hydrogen (secondary N) is 1. The highest BCUT2D eigenvalue weighted by Gasteiger charge is 1.94. The molecule has 0 saturated heterocycles. The van der Waals surface area contributed by atoms with E-state index in [1.165, 1.54) is 5.56 Å². The lowest BCUT2D eigenvalue weighted by molar-refractivity contribution is 1.43. The SMILES string of the molecule is C=C(/C=C\C(=C/C)Nc1ccc(/C=C/C=C/c2ccccc2)cc1)/C=C/C=C/C=C/C=C\C=C/C. The number of anilines is 1. The van der Waals surface area contributed by atoms with Gasteiger partial charge in [0, 0.05) is 11.4 Å². The number of benzene rings is 2. The summed E-state index contributed by atoms with van der Waals surface area (Å²) in [6.07, 6.45) is 34.3. The van der Waals surface area contributed by atoms with Gasteiger partial charge in [-0.15, -0.1) is 0 Å². The summed E-state index contributed by atoms with van der Waals surface area (Å²) in [6.45, 7) is 8.10. The van der Waals surface area contributed by atoms with Crippen molar-refractivity contribution in [3.63, 3.8) is 0 Å². The predicted octanol–water partition coefficient (Wildman–Crippen LogP) is 9.64. The van der Waals surface area contributed by atoms with Crippen LogP contribution in [0.4, 0.5) is 5.69 Å². The largest absolute Gasteiger partial charge is 0.356 e. The minimum absolute atomic E-state index is 0.928. The van der Waals surface area contributed by atoms with Gasteiger partial charge in [-0.05, 0) is 48.8 Å². The van der Waals surface area contributed by atoms with E-state index < -0.39 is 0 Å². The first-order chi connectivity index (χ1) is 17.2. The fourth-order valence-electron chi connectivity index (χ4n) is 2.88. The molecule has 176 valence electrons. The third-order valence-electron chi connectivity index (χ3n) is 4.76. The van der Waals surface area contributed by atoms with E-state index in [9.17, 15) is 0 Å². The molecule has 0 amide bonds. The van der Waals surface area contributed by atoms with E-state index in [1.807, 2.05) is 111 Å². The van der Waals surface area contributed by atoms with Crippen LogP contribution in [0.3, 0.4) is 0 Å². The van der Waals surface area contributed by atoms with E-state index in [0.29, 0.717) is 0 Å². The van der Waals surface area contributed by atoms with Crippen molar-refractivity contribution in [2.45, 2.75) is 13.8 Å². The number of rotatable bonds is 12. The molecule has 1 N–H and O–H groups in total. The van der Waals surface area contributed by atoms with Crippen LogP contribution in [0.15, 0.2) is 164 Å². The maximum Gasteiger partial charge on any atom is 0.0384 e. The molecule has 2 aromatic rings. The monoisotopic (exact) mass is 457 g/mol. The van der Waals surface area contributed by atoms with Crippen molar-refractivity contribution in [1.29, 1.82) is 0 Å². The van der Waals surface area contributed by atoms with Gasteiger partial charge in [0.25, 0.3) is 0 Å². The standard InChI is InChI=1S/C34H35N/c1-4-6-7-8-9-10-11-12-14-19-30(3)24-27-33(5-2)35-34-28-25-32(26-29-34)23-18-17-22-31-20-15-13-16-21-31/h4-29,35H,3H2,1-2H3/b6-4-,8-7-,10-9+,12-11+,19-14+,22-17+,23-18+,27-24-,33-5+. The second-order valence-electron chi connectivity index (χ2n) is 7.57. The lowest BCUT2D eigenvalue weighted by Crippen LogP contribution is -1.96. The zero-order chi connectivity index (χ0) is 25.0.